The summed E-state index contributed by atoms with van der Waals surface area (Å²) in [4.78, 5) is 4.80. The van der Waals surface area contributed by atoms with Gasteiger partial charge in [0.25, 0.3) is 0 Å². The average molecular weight is 352 g/mol. The van der Waals surface area contributed by atoms with Crippen LogP contribution in [0.15, 0.2) is 18.2 Å². The molecule has 2 heterocycles. The van der Waals surface area contributed by atoms with Crippen molar-refractivity contribution < 1.29 is 13.5 Å². The minimum Gasteiger partial charge on any atom is -0.373 e. The molecule has 2 saturated heterocycles. The molecule has 0 spiro atoms. The summed E-state index contributed by atoms with van der Waals surface area (Å²) in [5.41, 5.74) is 0.467. The number of rotatable bonds is 4. The Morgan fingerprint density at radius 1 is 1.12 bits per heavy atom. The molecule has 0 radical (unpaired) electrons. The molecular weight excluding hydrogens is 322 g/mol. The lowest BCUT2D eigenvalue weighted by Crippen LogP contribution is -2.48. The van der Waals surface area contributed by atoms with Crippen molar-refractivity contribution in [1.82, 2.24) is 9.80 Å². The van der Waals surface area contributed by atoms with Crippen molar-refractivity contribution in [2.75, 3.05) is 32.7 Å². The van der Waals surface area contributed by atoms with Gasteiger partial charge in [-0.05, 0) is 70.8 Å². The monoisotopic (exact) mass is 352 g/mol. The van der Waals surface area contributed by atoms with Gasteiger partial charge in [-0.15, -0.1) is 0 Å². The molecule has 3 nitrogen and oxygen atoms in total. The van der Waals surface area contributed by atoms with Crippen LogP contribution in [0.5, 0.6) is 0 Å². The lowest BCUT2D eigenvalue weighted by atomic mass is 9.93. The Morgan fingerprint density at radius 2 is 1.76 bits per heavy atom. The minimum absolute atomic E-state index is 0.0833. The van der Waals surface area contributed by atoms with Crippen molar-refractivity contribution in [3.05, 3.63) is 35.4 Å². The number of likely N-dealkylation sites (tertiary alicyclic amines) is 1. The van der Waals surface area contributed by atoms with Crippen LogP contribution in [0.25, 0.3) is 0 Å². The van der Waals surface area contributed by atoms with Crippen LogP contribution >= 0.6 is 0 Å². The predicted molar refractivity (Wildman–Crippen MR) is 95.5 cm³/mol. The lowest BCUT2D eigenvalue weighted by Gasteiger charge is -2.40. The van der Waals surface area contributed by atoms with E-state index in [2.05, 4.69) is 23.6 Å². The van der Waals surface area contributed by atoms with Gasteiger partial charge in [-0.2, -0.15) is 0 Å². The van der Waals surface area contributed by atoms with E-state index in [0.717, 1.165) is 45.6 Å². The fraction of sp³-hybridized carbons (Fsp3) is 0.700. The molecule has 3 atom stereocenters. The normalized spacial score (nSPS) is 28.2. The van der Waals surface area contributed by atoms with E-state index in [9.17, 15) is 8.78 Å². The maximum absolute atomic E-state index is 14.0. The van der Waals surface area contributed by atoms with Gasteiger partial charge in [-0.25, -0.2) is 8.78 Å². The van der Waals surface area contributed by atoms with Crippen molar-refractivity contribution in [2.45, 2.75) is 51.9 Å². The molecule has 2 fully saturated rings. The first kappa shape index (κ1) is 18.7. The molecule has 2 aliphatic heterocycles. The van der Waals surface area contributed by atoms with Crippen LogP contribution in [0.1, 0.15) is 45.2 Å². The Balaban J connectivity index is 1.52. The Hall–Kier alpha value is -1.04. The molecule has 0 bridgehead atoms. The molecule has 3 unspecified atom stereocenters. The first-order valence-corrected chi connectivity index (χ1v) is 9.49. The van der Waals surface area contributed by atoms with Gasteiger partial charge in [0.2, 0.25) is 0 Å². The van der Waals surface area contributed by atoms with Gasteiger partial charge in [-0.3, -0.25) is 9.80 Å². The standard InChI is InChI=1S/C20H30F2N2O/c1-14-11-23(12-15(2)25-14)13-17-6-8-24(9-7-17)16(3)19-10-18(21)4-5-20(19)22/h4-5,10,14-17H,6-9,11-13H2,1-3H3. The fourth-order valence-electron chi connectivity index (χ4n) is 4.35. The quantitative estimate of drug-likeness (QED) is 0.819. The number of hydrogen-bond acceptors (Lipinski definition) is 3. The van der Waals surface area contributed by atoms with Crippen molar-refractivity contribution in [2.24, 2.45) is 5.92 Å². The van der Waals surface area contributed by atoms with E-state index in [-0.39, 0.29) is 17.7 Å². The highest BCUT2D eigenvalue weighted by Gasteiger charge is 2.28. The molecule has 5 heteroatoms. The largest absolute Gasteiger partial charge is 0.373 e. The Morgan fingerprint density at radius 3 is 2.40 bits per heavy atom. The van der Waals surface area contributed by atoms with Crippen molar-refractivity contribution in [1.29, 1.82) is 0 Å². The molecule has 25 heavy (non-hydrogen) atoms. The smallest absolute Gasteiger partial charge is 0.128 e. The molecule has 0 N–H and O–H groups in total. The average Bonchev–Trinajstić information content (AvgIpc) is 2.56. The lowest BCUT2D eigenvalue weighted by molar-refractivity contribution is -0.0734. The van der Waals surface area contributed by atoms with Crippen LogP contribution in [-0.4, -0.2) is 54.7 Å². The third-order valence-corrected chi connectivity index (χ3v) is 5.62. The van der Waals surface area contributed by atoms with Gasteiger partial charge in [0.1, 0.15) is 11.6 Å². The SMILES string of the molecule is CC1CN(CC2CCN(C(C)c3cc(F)ccc3F)CC2)CC(C)O1. The number of hydrogen-bond donors (Lipinski definition) is 0. The number of nitrogens with zero attached hydrogens (tertiary/aromatic N) is 2. The van der Waals surface area contributed by atoms with Crippen LogP contribution in [0.3, 0.4) is 0 Å². The van der Waals surface area contributed by atoms with Gasteiger partial charge < -0.3 is 4.74 Å². The molecule has 0 aromatic heterocycles. The van der Waals surface area contributed by atoms with E-state index >= 15 is 0 Å². The van der Waals surface area contributed by atoms with E-state index in [0.29, 0.717) is 23.7 Å². The van der Waals surface area contributed by atoms with Crippen molar-refractivity contribution >= 4 is 0 Å². The molecule has 1 aromatic rings. The van der Waals surface area contributed by atoms with Crippen LogP contribution < -0.4 is 0 Å². The van der Waals surface area contributed by atoms with E-state index in [1.165, 1.54) is 18.2 Å². The van der Waals surface area contributed by atoms with Crippen LogP contribution in [0.2, 0.25) is 0 Å². The Bertz CT molecular complexity index is 565. The van der Waals surface area contributed by atoms with E-state index in [1.807, 2.05) is 6.92 Å². The van der Waals surface area contributed by atoms with Crippen LogP contribution in [-0.2, 0) is 4.74 Å². The highest BCUT2D eigenvalue weighted by Crippen LogP contribution is 2.29. The molecule has 3 rings (SSSR count). The fourth-order valence-corrected chi connectivity index (χ4v) is 4.35. The van der Waals surface area contributed by atoms with Gasteiger partial charge in [0.15, 0.2) is 0 Å². The second-order valence-corrected chi connectivity index (χ2v) is 7.80. The van der Waals surface area contributed by atoms with Gasteiger partial charge >= 0.3 is 0 Å². The van der Waals surface area contributed by atoms with Gasteiger partial charge in [0.05, 0.1) is 12.2 Å². The zero-order valence-corrected chi connectivity index (χ0v) is 15.5. The third-order valence-electron chi connectivity index (χ3n) is 5.62. The number of ether oxygens (including phenoxy) is 1. The van der Waals surface area contributed by atoms with Gasteiger partial charge in [-0.1, -0.05) is 0 Å². The molecule has 2 aliphatic rings. The van der Waals surface area contributed by atoms with Crippen LogP contribution in [0, 0.1) is 17.6 Å². The maximum atomic E-state index is 14.0. The Labute approximate surface area is 149 Å². The number of morpholine rings is 1. The van der Waals surface area contributed by atoms with E-state index < -0.39 is 0 Å². The summed E-state index contributed by atoms with van der Waals surface area (Å²) < 4.78 is 33.3. The Kier molecular flexibility index (Phi) is 6.08. The second-order valence-electron chi connectivity index (χ2n) is 7.80. The maximum Gasteiger partial charge on any atom is 0.128 e. The molecule has 140 valence electrons. The molecular formula is C20H30F2N2O. The summed E-state index contributed by atoms with van der Waals surface area (Å²) >= 11 is 0. The van der Waals surface area contributed by atoms with Gasteiger partial charge in [0, 0.05) is 31.2 Å². The highest BCUT2D eigenvalue weighted by atomic mass is 19.1. The van der Waals surface area contributed by atoms with E-state index in [1.54, 1.807) is 0 Å². The summed E-state index contributed by atoms with van der Waals surface area (Å²) in [6, 6.07) is 3.67. The molecule has 0 saturated carbocycles. The number of halogens is 2. The number of piperidine rings is 1. The number of benzene rings is 1. The summed E-state index contributed by atoms with van der Waals surface area (Å²) in [6.07, 6.45) is 2.84. The minimum atomic E-state index is -0.367. The molecule has 0 aliphatic carbocycles. The summed E-state index contributed by atoms with van der Waals surface area (Å²) in [6.45, 7) is 11.3. The second kappa shape index (κ2) is 8.11. The zero-order chi connectivity index (χ0) is 18.0. The first-order chi connectivity index (χ1) is 11.9. The highest BCUT2D eigenvalue weighted by molar-refractivity contribution is 5.22. The predicted octanol–water partition coefficient (Wildman–Crippen LogP) is 3.85. The van der Waals surface area contributed by atoms with Crippen molar-refractivity contribution in [3.8, 4) is 0 Å². The molecule has 0 amide bonds. The van der Waals surface area contributed by atoms with Crippen molar-refractivity contribution in [3.63, 3.8) is 0 Å². The topological polar surface area (TPSA) is 15.7 Å². The van der Waals surface area contributed by atoms with Crippen LogP contribution in [0.4, 0.5) is 8.78 Å². The molecule has 1 aromatic carbocycles. The summed E-state index contributed by atoms with van der Waals surface area (Å²) in [7, 11) is 0. The summed E-state index contributed by atoms with van der Waals surface area (Å²) in [5, 5.41) is 0. The van der Waals surface area contributed by atoms with E-state index in [4.69, 9.17) is 4.74 Å². The first-order valence-electron chi connectivity index (χ1n) is 9.49. The third kappa shape index (κ3) is 4.78. The summed E-state index contributed by atoms with van der Waals surface area (Å²) in [5.74, 6) is -0.000634. The zero-order valence-electron chi connectivity index (χ0n) is 15.5.